The van der Waals surface area contributed by atoms with Crippen LogP contribution in [0.1, 0.15) is 52.9 Å². The number of esters is 1. The molecular weight excluding hydrogens is 628 g/mol. The Morgan fingerprint density at radius 1 is 0.837 bits per heavy atom. The molecule has 1 N–H and O–H groups in total. The highest BCUT2D eigenvalue weighted by Gasteiger charge is 2.24. The quantitative estimate of drug-likeness (QED) is 0.0999. The number of carboxylic acid groups (broad SMARTS) is 1. The van der Waals surface area contributed by atoms with Gasteiger partial charge in [0.15, 0.2) is 23.0 Å². The van der Waals surface area contributed by atoms with Gasteiger partial charge >= 0.3 is 11.9 Å². The summed E-state index contributed by atoms with van der Waals surface area (Å²) in [6.07, 6.45) is 2.75. The maximum absolute atomic E-state index is 13.4. The molecule has 0 aliphatic carbocycles. The molecule has 4 aromatic carbocycles. The van der Waals surface area contributed by atoms with Gasteiger partial charge in [0.05, 0.1) is 33.0 Å². The van der Waals surface area contributed by atoms with Crippen LogP contribution in [0.25, 0.3) is 17.2 Å². The van der Waals surface area contributed by atoms with Crippen molar-refractivity contribution in [3.8, 4) is 45.6 Å². The van der Waals surface area contributed by atoms with Crippen molar-refractivity contribution in [2.24, 2.45) is 0 Å². The zero-order chi connectivity index (χ0) is 34.9. The highest BCUT2D eigenvalue weighted by Crippen LogP contribution is 2.46. The van der Waals surface area contributed by atoms with Crippen LogP contribution in [0.4, 0.5) is 0 Å². The standard InChI is InChI=1S/C39H40O10/c1-6-17-46-37-32(43-4)16-15-31(36(37)47-22-26-12-10-14-29(24(26)3)38(40)41)30-13-9-8-11-25(30)18-28(39(42)45-7-2)19-27-20-34-35(49-23-48-34)21-33(27)44-5/h8-16,18,20-21H,6-7,17,19,22-23H2,1-5H3,(H,40,41). The molecule has 0 amide bonds. The zero-order valence-electron chi connectivity index (χ0n) is 28.3. The Balaban J connectivity index is 1.62. The third-order valence-electron chi connectivity index (χ3n) is 8.07. The van der Waals surface area contributed by atoms with Gasteiger partial charge in [0, 0.05) is 29.2 Å². The van der Waals surface area contributed by atoms with Gasteiger partial charge in [0.2, 0.25) is 12.5 Å². The maximum Gasteiger partial charge on any atom is 0.335 e. The summed E-state index contributed by atoms with van der Waals surface area (Å²) in [5.41, 5.74) is 4.83. The van der Waals surface area contributed by atoms with Crippen molar-refractivity contribution in [3.05, 3.63) is 100 Å². The summed E-state index contributed by atoms with van der Waals surface area (Å²) < 4.78 is 40.7. The van der Waals surface area contributed by atoms with E-state index in [0.29, 0.717) is 63.4 Å². The highest BCUT2D eigenvalue weighted by molar-refractivity contribution is 5.96. The van der Waals surface area contributed by atoms with Crippen LogP contribution in [0.15, 0.2) is 72.3 Å². The van der Waals surface area contributed by atoms with E-state index in [4.69, 9.17) is 33.2 Å². The van der Waals surface area contributed by atoms with Crippen molar-refractivity contribution >= 4 is 18.0 Å². The van der Waals surface area contributed by atoms with Gasteiger partial charge in [-0.2, -0.15) is 0 Å². The van der Waals surface area contributed by atoms with E-state index < -0.39 is 11.9 Å². The number of benzene rings is 4. The predicted octanol–water partition coefficient (Wildman–Crippen LogP) is 7.66. The lowest BCUT2D eigenvalue weighted by Gasteiger charge is -2.21. The molecule has 10 heteroatoms. The molecule has 4 aromatic rings. The minimum Gasteiger partial charge on any atom is -0.496 e. The summed E-state index contributed by atoms with van der Waals surface area (Å²) in [5.74, 6) is 1.55. The summed E-state index contributed by atoms with van der Waals surface area (Å²) in [4.78, 5) is 25.3. The smallest absolute Gasteiger partial charge is 0.335 e. The van der Waals surface area contributed by atoms with Crippen molar-refractivity contribution in [1.29, 1.82) is 0 Å². The van der Waals surface area contributed by atoms with E-state index in [1.165, 1.54) is 0 Å². The number of fused-ring (bicyclic) bond motifs is 1. The summed E-state index contributed by atoms with van der Waals surface area (Å²) in [6, 6.07) is 20.0. The highest BCUT2D eigenvalue weighted by atomic mass is 16.7. The summed E-state index contributed by atoms with van der Waals surface area (Å²) >= 11 is 0. The van der Waals surface area contributed by atoms with Crippen LogP contribution in [-0.4, -0.2) is 51.3 Å². The van der Waals surface area contributed by atoms with Crippen molar-refractivity contribution in [2.45, 2.75) is 40.2 Å². The molecule has 1 aliphatic rings. The number of hydrogen-bond acceptors (Lipinski definition) is 9. The first-order chi connectivity index (χ1) is 23.8. The van der Waals surface area contributed by atoms with Crippen molar-refractivity contribution < 1.29 is 47.9 Å². The Morgan fingerprint density at radius 2 is 1.59 bits per heavy atom. The number of methoxy groups -OCH3 is 2. The second-order valence-corrected chi connectivity index (χ2v) is 11.2. The molecule has 0 atom stereocenters. The fourth-order valence-corrected chi connectivity index (χ4v) is 5.58. The fourth-order valence-electron chi connectivity index (χ4n) is 5.58. The largest absolute Gasteiger partial charge is 0.496 e. The topological polar surface area (TPSA) is 119 Å². The van der Waals surface area contributed by atoms with E-state index in [1.54, 1.807) is 52.3 Å². The zero-order valence-corrected chi connectivity index (χ0v) is 28.3. The van der Waals surface area contributed by atoms with Crippen molar-refractivity contribution in [3.63, 3.8) is 0 Å². The monoisotopic (exact) mass is 668 g/mol. The van der Waals surface area contributed by atoms with Gasteiger partial charge < -0.3 is 38.3 Å². The van der Waals surface area contributed by atoms with Gasteiger partial charge in [0.25, 0.3) is 0 Å². The fraction of sp³-hybridized carbons (Fsp3) is 0.282. The van der Waals surface area contributed by atoms with Gasteiger partial charge in [-0.05, 0) is 72.9 Å². The number of carbonyl (C=O) groups is 2. The first kappa shape index (κ1) is 34.7. The molecule has 1 aliphatic heterocycles. The Morgan fingerprint density at radius 3 is 2.31 bits per heavy atom. The number of carbonyl (C=O) groups excluding carboxylic acids is 1. The van der Waals surface area contributed by atoms with Crippen LogP contribution in [0.5, 0.6) is 34.5 Å². The van der Waals surface area contributed by atoms with Crippen LogP contribution in [0.3, 0.4) is 0 Å². The molecule has 0 fully saturated rings. The molecule has 10 nitrogen and oxygen atoms in total. The molecule has 1 heterocycles. The van der Waals surface area contributed by atoms with E-state index in [1.807, 2.05) is 55.5 Å². The van der Waals surface area contributed by atoms with Crippen molar-refractivity contribution in [1.82, 2.24) is 0 Å². The van der Waals surface area contributed by atoms with E-state index >= 15 is 0 Å². The maximum atomic E-state index is 13.4. The molecule has 0 aromatic heterocycles. The predicted molar refractivity (Wildman–Crippen MR) is 184 cm³/mol. The van der Waals surface area contributed by atoms with Gasteiger partial charge in [-0.3, -0.25) is 0 Å². The lowest BCUT2D eigenvalue weighted by Crippen LogP contribution is -2.11. The lowest BCUT2D eigenvalue weighted by atomic mass is 9.94. The Kier molecular flexibility index (Phi) is 11.3. The van der Waals surface area contributed by atoms with E-state index in [9.17, 15) is 14.7 Å². The van der Waals surface area contributed by atoms with Crippen LogP contribution in [0, 0.1) is 6.92 Å². The second-order valence-electron chi connectivity index (χ2n) is 11.2. The summed E-state index contributed by atoms with van der Waals surface area (Å²) in [7, 11) is 3.12. The van der Waals surface area contributed by atoms with Crippen LogP contribution in [-0.2, 0) is 22.6 Å². The Bertz CT molecular complexity index is 1860. The SMILES string of the molecule is CCCOc1c(OC)ccc(-c2ccccc2C=C(Cc2cc3c(cc2OC)OCO3)C(=O)OCC)c1OCc1cccc(C(=O)O)c1C. The van der Waals surface area contributed by atoms with Crippen LogP contribution < -0.4 is 28.4 Å². The van der Waals surface area contributed by atoms with Gasteiger partial charge in [-0.25, -0.2) is 9.59 Å². The molecule has 256 valence electrons. The number of carboxylic acids is 1. The van der Waals surface area contributed by atoms with E-state index in [2.05, 4.69) is 0 Å². The minimum atomic E-state index is -1.01. The first-order valence-corrected chi connectivity index (χ1v) is 16.0. The van der Waals surface area contributed by atoms with E-state index in [-0.39, 0.29) is 32.0 Å². The molecule has 5 rings (SSSR count). The van der Waals surface area contributed by atoms with Crippen LogP contribution >= 0.6 is 0 Å². The van der Waals surface area contributed by atoms with Crippen molar-refractivity contribution in [2.75, 3.05) is 34.2 Å². The molecule has 0 spiro atoms. The molecule has 0 radical (unpaired) electrons. The second kappa shape index (κ2) is 16.0. The van der Waals surface area contributed by atoms with Crippen LogP contribution in [0.2, 0.25) is 0 Å². The molecule has 0 saturated heterocycles. The number of ether oxygens (including phenoxy) is 7. The number of hydrogen-bond donors (Lipinski definition) is 1. The average molecular weight is 669 g/mol. The Labute approximate surface area is 285 Å². The first-order valence-electron chi connectivity index (χ1n) is 16.0. The van der Waals surface area contributed by atoms with Gasteiger partial charge in [0.1, 0.15) is 12.4 Å². The third kappa shape index (κ3) is 7.75. The number of rotatable bonds is 15. The molecule has 0 unspecified atom stereocenters. The van der Waals surface area contributed by atoms with Gasteiger partial charge in [-0.1, -0.05) is 43.3 Å². The lowest BCUT2D eigenvalue weighted by molar-refractivity contribution is -0.138. The average Bonchev–Trinajstić information content (AvgIpc) is 3.57. The molecular formula is C39H40O10. The van der Waals surface area contributed by atoms with E-state index in [0.717, 1.165) is 23.1 Å². The molecule has 0 saturated carbocycles. The summed E-state index contributed by atoms with van der Waals surface area (Å²) in [5, 5.41) is 9.68. The Hall–Kier alpha value is -5.64. The molecule has 49 heavy (non-hydrogen) atoms. The molecule has 0 bridgehead atoms. The number of aromatic carboxylic acids is 1. The van der Waals surface area contributed by atoms with Gasteiger partial charge in [-0.15, -0.1) is 0 Å². The minimum absolute atomic E-state index is 0.0750. The third-order valence-corrected chi connectivity index (χ3v) is 8.07. The summed E-state index contributed by atoms with van der Waals surface area (Å²) in [6.45, 7) is 6.32. The normalized spacial score (nSPS) is 12.0.